The normalized spacial score (nSPS) is 11.7. The SMILES string of the molecule is CCS(=O)(=O)N(C)CC(=O)N(C)Cc1c(F)cccc1Cl. The first-order valence-electron chi connectivity index (χ1n) is 6.30. The van der Waals surface area contributed by atoms with Gasteiger partial charge in [0.25, 0.3) is 0 Å². The molecule has 8 heteroatoms. The molecule has 0 saturated heterocycles. The van der Waals surface area contributed by atoms with E-state index in [-0.39, 0.29) is 29.4 Å². The number of halogens is 2. The molecule has 118 valence electrons. The molecule has 1 rings (SSSR count). The Morgan fingerprint density at radius 3 is 2.48 bits per heavy atom. The second-order valence-corrected chi connectivity index (χ2v) is 7.38. The number of rotatable bonds is 6. The molecule has 0 aliphatic heterocycles. The lowest BCUT2D eigenvalue weighted by atomic mass is 10.2. The second-order valence-electron chi connectivity index (χ2n) is 4.61. The van der Waals surface area contributed by atoms with Gasteiger partial charge in [-0.1, -0.05) is 17.7 Å². The summed E-state index contributed by atoms with van der Waals surface area (Å²) in [6, 6.07) is 4.27. The zero-order valence-corrected chi connectivity index (χ0v) is 13.7. The van der Waals surface area contributed by atoms with Crippen LogP contribution in [-0.4, -0.2) is 49.9 Å². The van der Waals surface area contributed by atoms with E-state index >= 15 is 0 Å². The molecule has 21 heavy (non-hydrogen) atoms. The summed E-state index contributed by atoms with van der Waals surface area (Å²) in [6.07, 6.45) is 0. The molecule has 0 N–H and O–H groups in total. The fourth-order valence-electron chi connectivity index (χ4n) is 1.64. The van der Waals surface area contributed by atoms with Crippen molar-refractivity contribution in [2.75, 3.05) is 26.4 Å². The van der Waals surface area contributed by atoms with Gasteiger partial charge in [0.15, 0.2) is 0 Å². The number of benzene rings is 1. The summed E-state index contributed by atoms with van der Waals surface area (Å²) in [6.45, 7) is 1.18. The molecular weight excluding hydrogens is 319 g/mol. The van der Waals surface area contributed by atoms with Crippen molar-refractivity contribution in [3.8, 4) is 0 Å². The van der Waals surface area contributed by atoms with E-state index in [2.05, 4.69) is 0 Å². The number of carbonyl (C=O) groups is 1. The lowest BCUT2D eigenvalue weighted by Gasteiger charge is -2.22. The van der Waals surface area contributed by atoms with Crippen molar-refractivity contribution in [1.29, 1.82) is 0 Å². The maximum atomic E-state index is 13.7. The lowest BCUT2D eigenvalue weighted by molar-refractivity contribution is -0.130. The molecule has 0 aromatic heterocycles. The lowest BCUT2D eigenvalue weighted by Crippen LogP contribution is -2.39. The second kappa shape index (κ2) is 7.20. The van der Waals surface area contributed by atoms with Crippen molar-refractivity contribution < 1.29 is 17.6 Å². The Balaban J connectivity index is 2.76. The van der Waals surface area contributed by atoms with Crippen molar-refractivity contribution in [3.05, 3.63) is 34.6 Å². The maximum absolute atomic E-state index is 13.7. The van der Waals surface area contributed by atoms with Crippen LogP contribution in [0.4, 0.5) is 4.39 Å². The summed E-state index contributed by atoms with van der Waals surface area (Å²) in [5.41, 5.74) is 0.205. The van der Waals surface area contributed by atoms with E-state index in [0.29, 0.717) is 0 Å². The highest BCUT2D eigenvalue weighted by atomic mass is 35.5. The third-order valence-corrected chi connectivity index (χ3v) is 5.24. The molecule has 1 amide bonds. The van der Waals surface area contributed by atoms with Crippen LogP contribution in [0.3, 0.4) is 0 Å². The van der Waals surface area contributed by atoms with Gasteiger partial charge in [-0.2, -0.15) is 4.31 Å². The Labute approximate surface area is 129 Å². The summed E-state index contributed by atoms with van der Waals surface area (Å²) < 4.78 is 37.8. The van der Waals surface area contributed by atoms with E-state index in [1.807, 2.05) is 0 Å². The van der Waals surface area contributed by atoms with Crippen LogP contribution in [0.5, 0.6) is 0 Å². The van der Waals surface area contributed by atoms with Gasteiger partial charge in [-0.15, -0.1) is 0 Å². The van der Waals surface area contributed by atoms with Gasteiger partial charge in [-0.05, 0) is 19.1 Å². The molecule has 0 radical (unpaired) electrons. The first-order valence-corrected chi connectivity index (χ1v) is 8.28. The Bertz CT molecular complexity index is 602. The fourth-order valence-corrected chi connectivity index (χ4v) is 2.61. The number of hydrogen-bond donors (Lipinski definition) is 0. The zero-order valence-electron chi connectivity index (χ0n) is 12.1. The van der Waals surface area contributed by atoms with E-state index in [4.69, 9.17) is 11.6 Å². The molecule has 0 unspecified atom stereocenters. The molecule has 0 saturated carbocycles. The molecule has 1 aromatic rings. The van der Waals surface area contributed by atoms with Crippen LogP contribution in [0.2, 0.25) is 5.02 Å². The van der Waals surface area contributed by atoms with Gasteiger partial charge in [-0.25, -0.2) is 12.8 Å². The van der Waals surface area contributed by atoms with Crippen LogP contribution in [0.1, 0.15) is 12.5 Å². The summed E-state index contributed by atoms with van der Waals surface area (Å²) in [5, 5.41) is 0.226. The maximum Gasteiger partial charge on any atom is 0.237 e. The van der Waals surface area contributed by atoms with Gasteiger partial charge < -0.3 is 4.90 Å². The van der Waals surface area contributed by atoms with E-state index in [1.165, 1.54) is 44.1 Å². The van der Waals surface area contributed by atoms with Gasteiger partial charge >= 0.3 is 0 Å². The largest absolute Gasteiger partial charge is 0.340 e. The van der Waals surface area contributed by atoms with Crippen molar-refractivity contribution in [3.63, 3.8) is 0 Å². The van der Waals surface area contributed by atoms with E-state index < -0.39 is 21.7 Å². The van der Waals surface area contributed by atoms with E-state index in [9.17, 15) is 17.6 Å². The van der Waals surface area contributed by atoms with Crippen LogP contribution in [0.25, 0.3) is 0 Å². The van der Waals surface area contributed by atoms with Crippen LogP contribution in [0.15, 0.2) is 18.2 Å². The van der Waals surface area contributed by atoms with Gasteiger partial charge in [0.05, 0.1) is 12.3 Å². The zero-order chi connectivity index (χ0) is 16.2. The van der Waals surface area contributed by atoms with Crippen LogP contribution in [-0.2, 0) is 21.4 Å². The average Bonchev–Trinajstić information content (AvgIpc) is 2.42. The highest BCUT2D eigenvalue weighted by molar-refractivity contribution is 7.89. The van der Waals surface area contributed by atoms with E-state index in [1.54, 1.807) is 0 Å². The highest BCUT2D eigenvalue weighted by Crippen LogP contribution is 2.20. The minimum absolute atomic E-state index is 0.0235. The molecular formula is C13H18ClFN2O3S. The van der Waals surface area contributed by atoms with Crippen LogP contribution >= 0.6 is 11.6 Å². The number of amides is 1. The molecule has 0 aliphatic rings. The number of hydrogen-bond acceptors (Lipinski definition) is 3. The van der Waals surface area contributed by atoms with Crippen molar-refractivity contribution in [2.45, 2.75) is 13.5 Å². The number of sulfonamides is 1. The van der Waals surface area contributed by atoms with E-state index in [0.717, 1.165) is 4.31 Å². The smallest absolute Gasteiger partial charge is 0.237 e. The Kier molecular flexibility index (Phi) is 6.12. The van der Waals surface area contributed by atoms with Crippen molar-refractivity contribution in [2.24, 2.45) is 0 Å². The Morgan fingerprint density at radius 1 is 1.33 bits per heavy atom. The molecule has 0 aliphatic carbocycles. The highest BCUT2D eigenvalue weighted by Gasteiger charge is 2.21. The van der Waals surface area contributed by atoms with Gasteiger partial charge in [-0.3, -0.25) is 4.79 Å². The Hall–Kier alpha value is -1.18. The number of carbonyl (C=O) groups excluding carboxylic acids is 1. The molecule has 0 atom stereocenters. The average molecular weight is 337 g/mol. The molecule has 0 spiro atoms. The first-order chi connectivity index (χ1) is 9.69. The molecule has 5 nitrogen and oxygen atoms in total. The Morgan fingerprint density at radius 2 is 1.95 bits per heavy atom. The monoisotopic (exact) mass is 336 g/mol. The number of likely N-dealkylation sites (N-methyl/N-ethyl adjacent to an activating group) is 2. The minimum Gasteiger partial charge on any atom is -0.340 e. The molecule has 0 bridgehead atoms. The molecule has 0 heterocycles. The third kappa shape index (κ3) is 4.66. The minimum atomic E-state index is -3.43. The van der Waals surface area contributed by atoms with Gasteiger partial charge in [0.2, 0.25) is 15.9 Å². The van der Waals surface area contributed by atoms with Gasteiger partial charge in [0.1, 0.15) is 5.82 Å². The first kappa shape index (κ1) is 17.9. The molecule has 1 aromatic carbocycles. The van der Waals surface area contributed by atoms with Crippen molar-refractivity contribution >= 4 is 27.5 Å². The standard InChI is InChI=1S/C13H18ClFN2O3S/c1-4-21(19,20)17(3)9-13(18)16(2)8-10-11(14)6-5-7-12(10)15/h5-7H,4,8-9H2,1-3H3. The van der Waals surface area contributed by atoms with Gasteiger partial charge in [0, 0.05) is 31.2 Å². The quantitative estimate of drug-likeness (QED) is 0.794. The van der Waals surface area contributed by atoms with Crippen LogP contribution < -0.4 is 0 Å². The third-order valence-electron chi connectivity index (χ3n) is 3.08. The summed E-state index contributed by atoms with van der Waals surface area (Å²) in [4.78, 5) is 13.2. The topological polar surface area (TPSA) is 57.7 Å². The summed E-state index contributed by atoms with van der Waals surface area (Å²) in [7, 11) is -0.627. The predicted molar refractivity (Wildman–Crippen MR) is 80.0 cm³/mol. The predicted octanol–water partition coefficient (Wildman–Crippen LogP) is 1.72. The summed E-state index contributed by atoms with van der Waals surface area (Å²) in [5.74, 6) is -1.02. The van der Waals surface area contributed by atoms with Crippen LogP contribution in [0, 0.1) is 5.82 Å². The fraction of sp³-hybridized carbons (Fsp3) is 0.462. The molecule has 0 fully saturated rings. The summed E-state index contributed by atoms with van der Waals surface area (Å²) >= 11 is 5.89. The van der Waals surface area contributed by atoms with Crippen molar-refractivity contribution in [1.82, 2.24) is 9.21 Å². The number of nitrogens with zero attached hydrogens (tertiary/aromatic N) is 2.